The number of aliphatic hydroxyl groups excluding tert-OH is 1. The highest BCUT2D eigenvalue weighted by molar-refractivity contribution is 5.85. The maximum Gasteiger partial charge on any atom is 0.126 e. The summed E-state index contributed by atoms with van der Waals surface area (Å²) in [5, 5.41) is 8.83. The van der Waals surface area contributed by atoms with Crippen molar-refractivity contribution in [3.8, 4) is 0 Å². The number of aliphatic hydroxyl groups is 1. The van der Waals surface area contributed by atoms with Crippen molar-refractivity contribution in [1.82, 2.24) is 4.90 Å². The summed E-state index contributed by atoms with van der Waals surface area (Å²) in [7, 11) is 0. The van der Waals surface area contributed by atoms with Crippen LogP contribution in [-0.4, -0.2) is 35.9 Å². The average molecular weight is 354 g/mol. The molecule has 0 aromatic rings. The lowest BCUT2D eigenvalue weighted by atomic mass is 9.65. The predicted molar refractivity (Wildman–Crippen MR) is 95.5 cm³/mol. The first-order valence-electron chi connectivity index (χ1n) is 9.08. The third-order valence-electron chi connectivity index (χ3n) is 5.71. The summed E-state index contributed by atoms with van der Waals surface area (Å²) >= 11 is 0. The van der Waals surface area contributed by atoms with Gasteiger partial charge in [0.1, 0.15) is 11.9 Å². The van der Waals surface area contributed by atoms with Crippen LogP contribution in [0, 0.1) is 5.41 Å². The molecule has 3 aliphatic heterocycles. The quantitative estimate of drug-likeness (QED) is 0.762. The molecule has 1 spiro atoms. The smallest absolute Gasteiger partial charge is 0.126 e. The van der Waals surface area contributed by atoms with E-state index in [-0.39, 0.29) is 30.5 Å². The van der Waals surface area contributed by atoms with Crippen LogP contribution in [0.25, 0.3) is 0 Å². The highest BCUT2D eigenvalue weighted by Crippen LogP contribution is 2.59. The van der Waals surface area contributed by atoms with Crippen LogP contribution in [-0.2, 0) is 9.47 Å². The first kappa shape index (κ1) is 17.8. The van der Waals surface area contributed by atoms with Gasteiger partial charge in [0.25, 0.3) is 0 Å². The number of hydrogen-bond donors (Lipinski definition) is 1. The Hall–Kier alpha value is -0.970. The molecular weight excluding hydrogens is 326 g/mol. The Labute approximate surface area is 150 Å². The zero-order chi connectivity index (χ0) is 15.7. The van der Waals surface area contributed by atoms with Gasteiger partial charge in [0.05, 0.1) is 30.9 Å². The number of hydrogen-bond acceptors (Lipinski definition) is 4. The van der Waals surface area contributed by atoms with Crippen LogP contribution < -0.4 is 0 Å². The Balaban J connectivity index is 0.00000169. The van der Waals surface area contributed by atoms with Gasteiger partial charge in [-0.25, -0.2) is 0 Å². The van der Waals surface area contributed by atoms with E-state index in [0.29, 0.717) is 13.2 Å². The van der Waals surface area contributed by atoms with Gasteiger partial charge in [0.2, 0.25) is 0 Å². The molecule has 2 atom stereocenters. The second-order valence-electron chi connectivity index (χ2n) is 7.12. The molecule has 24 heavy (non-hydrogen) atoms. The van der Waals surface area contributed by atoms with Crippen molar-refractivity contribution in [2.45, 2.75) is 57.5 Å². The maximum absolute atomic E-state index is 8.83. The summed E-state index contributed by atoms with van der Waals surface area (Å²) in [4.78, 5) is 2.31. The van der Waals surface area contributed by atoms with E-state index in [4.69, 9.17) is 14.6 Å². The molecule has 2 unspecified atom stereocenters. The molecule has 4 nitrogen and oxygen atoms in total. The van der Waals surface area contributed by atoms with Crippen molar-refractivity contribution in [3.05, 3.63) is 35.5 Å². The topological polar surface area (TPSA) is 41.9 Å². The third-order valence-corrected chi connectivity index (χ3v) is 5.71. The molecule has 1 saturated heterocycles. The van der Waals surface area contributed by atoms with Gasteiger partial charge < -0.3 is 19.5 Å². The SMILES string of the molecule is Cl.OCCOCCC1CC23CCCCC2=CN2C=CCCC2=C3O1. The lowest BCUT2D eigenvalue weighted by molar-refractivity contribution is 0.0586. The highest BCUT2D eigenvalue weighted by atomic mass is 35.5. The zero-order valence-corrected chi connectivity index (χ0v) is 15.0. The first-order valence-corrected chi connectivity index (χ1v) is 9.08. The summed E-state index contributed by atoms with van der Waals surface area (Å²) in [6, 6.07) is 0. The van der Waals surface area contributed by atoms with Crippen molar-refractivity contribution < 1.29 is 14.6 Å². The molecule has 1 N–H and O–H groups in total. The second kappa shape index (κ2) is 7.51. The Morgan fingerprint density at radius 1 is 1.29 bits per heavy atom. The number of nitrogens with zero attached hydrogens (tertiary/aromatic N) is 1. The standard InChI is InChI=1S/C19H27NO3.ClH/c21-10-12-22-11-7-16-13-19-8-3-1-5-15(19)14-20-9-4-2-6-17(20)18(19)23-16;/h4,9,14,16,21H,1-3,5-8,10-13H2;1H. The van der Waals surface area contributed by atoms with E-state index in [9.17, 15) is 0 Å². The largest absolute Gasteiger partial charge is 0.492 e. The molecule has 1 aliphatic carbocycles. The van der Waals surface area contributed by atoms with Crippen molar-refractivity contribution in [3.63, 3.8) is 0 Å². The number of allylic oxidation sites excluding steroid dienone is 3. The van der Waals surface area contributed by atoms with Gasteiger partial charge >= 0.3 is 0 Å². The van der Waals surface area contributed by atoms with Gasteiger partial charge in [-0.3, -0.25) is 0 Å². The molecule has 0 radical (unpaired) electrons. The van der Waals surface area contributed by atoms with Crippen molar-refractivity contribution in [2.24, 2.45) is 5.41 Å². The molecule has 0 aromatic heterocycles. The fourth-order valence-electron chi connectivity index (χ4n) is 4.66. The fourth-order valence-corrected chi connectivity index (χ4v) is 4.66. The monoisotopic (exact) mass is 353 g/mol. The van der Waals surface area contributed by atoms with Crippen molar-refractivity contribution >= 4 is 12.4 Å². The van der Waals surface area contributed by atoms with Gasteiger partial charge in [-0.05, 0) is 37.7 Å². The van der Waals surface area contributed by atoms with Crippen LogP contribution in [0.4, 0.5) is 0 Å². The van der Waals surface area contributed by atoms with Crippen molar-refractivity contribution in [1.29, 1.82) is 0 Å². The minimum atomic E-state index is 0. The van der Waals surface area contributed by atoms with Crippen LogP contribution in [0.3, 0.4) is 0 Å². The number of fused-ring (bicyclic) bond motifs is 1. The molecule has 134 valence electrons. The van der Waals surface area contributed by atoms with Gasteiger partial charge in [-0.15, -0.1) is 12.4 Å². The van der Waals surface area contributed by atoms with E-state index >= 15 is 0 Å². The van der Waals surface area contributed by atoms with Gasteiger partial charge in [-0.2, -0.15) is 0 Å². The lowest BCUT2D eigenvalue weighted by Crippen LogP contribution is -2.34. The summed E-state index contributed by atoms with van der Waals surface area (Å²) in [6.45, 7) is 1.20. The molecule has 0 aromatic carbocycles. The Morgan fingerprint density at radius 2 is 2.21 bits per heavy atom. The summed E-state index contributed by atoms with van der Waals surface area (Å²) in [6.07, 6.45) is 16.4. The molecule has 3 heterocycles. The molecule has 4 rings (SSSR count). The Kier molecular flexibility index (Phi) is 5.58. The maximum atomic E-state index is 8.83. The van der Waals surface area contributed by atoms with E-state index < -0.39 is 0 Å². The van der Waals surface area contributed by atoms with Crippen LogP contribution in [0.2, 0.25) is 0 Å². The molecular formula is C19H28ClNO3. The van der Waals surface area contributed by atoms with E-state index in [1.54, 1.807) is 5.57 Å². The van der Waals surface area contributed by atoms with Crippen LogP contribution >= 0.6 is 12.4 Å². The molecule has 4 aliphatic rings. The summed E-state index contributed by atoms with van der Waals surface area (Å²) in [5.41, 5.74) is 3.14. The van der Waals surface area contributed by atoms with Gasteiger partial charge in [0.15, 0.2) is 0 Å². The normalized spacial score (nSPS) is 30.8. The number of halogens is 1. The average Bonchev–Trinajstić information content (AvgIpc) is 2.95. The molecule has 0 amide bonds. The number of ether oxygens (including phenoxy) is 2. The molecule has 1 saturated carbocycles. The lowest BCUT2D eigenvalue weighted by Gasteiger charge is -2.43. The third kappa shape index (κ3) is 3.00. The molecule has 0 bridgehead atoms. The van der Waals surface area contributed by atoms with Crippen LogP contribution in [0.5, 0.6) is 0 Å². The van der Waals surface area contributed by atoms with E-state index in [1.807, 2.05) is 0 Å². The molecule has 2 fully saturated rings. The number of rotatable bonds is 5. The highest BCUT2D eigenvalue weighted by Gasteiger charge is 2.52. The fraction of sp³-hybridized carbons (Fsp3) is 0.684. The van der Waals surface area contributed by atoms with Gasteiger partial charge in [0, 0.05) is 25.2 Å². The minimum Gasteiger partial charge on any atom is -0.492 e. The molecule has 5 heteroatoms. The second-order valence-corrected chi connectivity index (χ2v) is 7.12. The summed E-state index contributed by atoms with van der Waals surface area (Å²) in [5.74, 6) is 1.27. The Morgan fingerprint density at radius 3 is 3.08 bits per heavy atom. The van der Waals surface area contributed by atoms with Gasteiger partial charge in [-0.1, -0.05) is 12.5 Å². The van der Waals surface area contributed by atoms with E-state index in [1.165, 1.54) is 37.1 Å². The summed E-state index contributed by atoms with van der Waals surface area (Å²) < 4.78 is 12.0. The Bertz CT molecular complexity index is 557. The van der Waals surface area contributed by atoms with E-state index in [2.05, 4.69) is 23.4 Å². The zero-order valence-electron chi connectivity index (χ0n) is 14.2. The first-order chi connectivity index (χ1) is 11.3. The van der Waals surface area contributed by atoms with Crippen LogP contribution in [0.15, 0.2) is 35.5 Å². The minimum absolute atomic E-state index is 0. The van der Waals surface area contributed by atoms with E-state index in [0.717, 1.165) is 25.7 Å². The predicted octanol–water partition coefficient (Wildman–Crippen LogP) is 3.88. The van der Waals surface area contributed by atoms with Crippen molar-refractivity contribution in [2.75, 3.05) is 19.8 Å². The van der Waals surface area contributed by atoms with Crippen LogP contribution in [0.1, 0.15) is 51.4 Å².